The van der Waals surface area contributed by atoms with Gasteiger partial charge >= 0.3 is 0 Å². The zero-order chi connectivity index (χ0) is 14.7. The zero-order valence-electron chi connectivity index (χ0n) is 12.0. The number of nitriles is 1. The van der Waals surface area contributed by atoms with Crippen LogP contribution in [-0.4, -0.2) is 29.5 Å². The topological polar surface area (TPSA) is 65.1 Å². The number of aromatic nitrogens is 1. The summed E-state index contributed by atoms with van der Waals surface area (Å²) in [6, 6.07) is 6.65. The lowest BCUT2D eigenvalue weighted by Gasteiger charge is -2.26. The Morgan fingerprint density at radius 3 is 3.00 bits per heavy atom. The minimum Gasteiger partial charge on any atom is -0.424 e. The van der Waals surface area contributed by atoms with Crippen LogP contribution < -0.4 is 5.32 Å². The van der Waals surface area contributed by atoms with Crippen molar-refractivity contribution in [3.63, 3.8) is 0 Å². The van der Waals surface area contributed by atoms with E-state index in [1.807, 2.05) is 0 Å². The minimum absolute atomic E-state index is 0.324. The first-order chi connectivity index (χ1) is 10.3. The molecule has 0 radical (unpaired) electrons. The van der Waals surface area contributed by atoms with Gasteiger partial charge in [0.1, 0.15) is 6.07 Å². The molecular formula is C15H18N4OS. The van der Waals surface area contributed by atoms with Crippen molar-refractivity contribution in [1.82, 2.24) is 9.88 Å². The van der Waals surface area contributed by atoms with E-state index in [9.17, 15) is 0 Å². The van der Waals surface area contributed by atoms with Crippen LogP contribution in [0, 0.1) is 18.3 Å². The summed E-state index contributed by atoms with van der Waals surface area (Å²) in [6.07, 6.45) is 2.51. The van der Waals surface area contributed by atoms with Crippen LogP contribution in [0.25, 0.3) is 0 Å². The lowest BCUT2D eigenvalue weighted by Crippen LogP contribution is -2.30. The van der Waals surface area contributed by atoms with Gasteiger partial charge in [0.05, 0.1) is 6.04 Å². The summed E-state index contributed by atoms with van der Waals surface area (Å²) in [4.78, 5) is 7.91. The fourth-order valence-corrected chi connectivity index (χ4v) is 3.62. The van der Waals surface area contributed by atoms with Crippen molar-refractivity contribution < 1.29 is 4.42 Å². The van der Waals surface area contributed by atoms with Gasteiger partial charge in [0.15, 0.2) is 5.89 Å². The van der Waals surface area contributed by atoms with Crippen LogP contribution in [0.4, 0.5) is 5.88 Å². The summed E-state index contributed by atoms with van der Waals surface area (Å²) < 4.78 is 5.48. The van der Waals surface area contributed by atoms with E-state index in [4.69, 9.17) is 9.68 Å². The van der Waals surface area contributed by atoms with Gasteiger partial charge in [-0.1, -0.05) is 6.07 Å². The molecule has 0 spiro atoms. The minimum atomic E-state index is 0.324. The highest BCUT2D eigenvalue weighted by Gasteiger charge is 2.25. The quantitative estimate of drug-likeness (QED) is 0.919. The second-order valence-electron chi connectivity index (χ2n) is 5.18. The summed E-state index contributed by atoms with van der Waals surface area (Å²) in [5, 5.41) is 14.4. The fraction of sp³-hybridized carbons (Fsp3) is 0.467. The highest BCUT2D eigenvalue weighted by molar-refractivity contribution is 7.10. The molecule has 1 fully saturated rings. The van der Waals surface area contributed by atoms with Gasteiger partial charge in [0, 0.05) is 18.3 Å². The molecule has 0 aromatic carbocycles. The molecule has 2 aromatic heterocycles. The first-order valence-corrected chi connectivity index (χ1v) is 8.05. The van der Waals surface area contributed by atoms with Gasteiger partial charge in [-0.05, 0) is 37.4 Å². The molecule has 6 heteroatoms. The molecule has 21 heavy (non-hydrogen) atoms. The zero-order valence-corrected chi connectivity index (χ0v) is 12.8. The van der Waals surface area contributed by atoms with Crippen LogP contribution in [0.5, 0.6) is 0 Å². The van der Waals surface area contributed by atoms with Crippen molar-refractivity contribution >= 4 is 17.2 Å². The predicted molar refractivity (Wildman–Crippen MR) is 82.3 cm³/mol. The Hall–Kier alpha value is -1.84. The largest absolute Gasteiger partial charge is 0.424 e. The van der Waals surface area contributed by atoms with Gasteiger partial charge in [0.25, 0.3) is 0 Å². The van der Waals surface area contributed by atoms with Crippen molar-refractivity contribution in [2.24, 2.45) is 0 Å². The maximum atomic E-state index is 9.07. The molecule has 1 saturated heterocycles. The predicted octanol–water partition coefficient (Wildman–Crippen LogP) is 3.17. The van der Waals surface area contributed by atoms with E-state index in [1.54, 1.807) is 18.3 Å². The van der Waals surface area contributed by atoms with Gasteiger partial charge in [-0.15, -0.1) is 11.3 Å². The van der Waals surface area contributed by atoms with Gasteiger partial charge in [-0.3, -0.25) is 4.90 Å². The van der Waals surface area contributed by atoms with E-state index in [0.29, 0.717) is 23.5 Å². The average molecular weight is 302 g/mol. The Morgan fingerprint density at radius 2 is 2.33 bits per heavy atom. The van der Waals surface area contributed by atoms with E-state index >= 15 is 0 Å². The molecule has 3 heterocycles. The number of nitrogens with one attached hydrogen (secondary N) is 1. The van der Waals surface area contributed by atoms with Crippen LogP contribution in [0.3, 0.4) is 0 Å². The third-order valence-electron chi connectivity index (χ3n) is 3.75. The first kappa shape index (κ1) is 14.1. The SMILES string of the molecule is Cc1nc(C#N)c(NC[C@H](c2cccs2)N2CCCC2)o1. The maximum absolute atomic E-state index is 9.07. The third kappa shape index (κ3) is 3.09. The number of oxazole rings is 1. The monoisotopic (exact) mass is 302 g/mol. The van der Waals surface area contributed by atoms with Gasteiger partial charge < -0.3 is 9.73 Å². The fourth-order valence-electron chi connectivity index (χ4n) is 2.76. The summed E-state index contributed by atoms with van der Waals surface area (Å²) in [5.41, 5.74) is 0.332. The Kier molecular flexibility index (Phi) is 4.23. The van der Waals surface area contributed by atoms with E-state index in [0.717, 1.165) is 19.6 Å². The Labute approximate surface area is 128 Å². The second kappa shape index (κ2) is 6.29. The number of hydrogen-bond donors (Lipinski definition) is 1. The molecule has 0 aliphatic carbocycles. The van der Waals surface area contributed by atoms with Crippen LogP contribution in [-0.2, 0) is 0 Å². The summed E-state index contributed by atoms with van der Waals surface area (Å²) in [7, 11) is 0. The highest BCUT2D eigenvalue weighted by atomic mass is 32.1. The number of anilines is 1. The molecule has 0 saturated carbocycles. The van der Waals surface area contributed by atoms with Gasteiger partial charge in [0.2, 0.25) is 11.6 Å². The molecule has 3 rings (SSSR count). The molecule has 1 aliphatic rings. The van der Waals surface area contributed by atoms with Crippen LogP contribution >= 0.6 is 11.3 Å². The number of nitrogens with zero attached hydrogens (tertiary/aromatic N) is 3. The molecule has 2 aromatic rings. The van der Waals surface area contributed by atoms with E-state index in [-0.39, 0.29) is 0 Å². The van der Waals surface area contributed by atoms with Crippen molar-refractivity contribution in [3.05, 3.63) is 34.0 Å². The average Bonchev–Trinajstić information content (AvgIpc) is 3.20. The van der Waals surface area contributed by atoms with E-state index in [1.165, 1.54) is 17.7 Å². The Morgan fingerprint density at radius 1 is 1.52 bits per heavy atom. The molecule has 0 amide bonds. The number of likely N-dealkylation sites (tertiary alicyclic amines) is 1. The van der Waals surface area contributed by atoms with E-state index in [2.05, 4.69) is 38.8 Å². The second-order valence-corrected chi connectivity index (χ2v) is 6.16. The first-order valence-electron chi connectivity index (χ1n) is 7.17. The third-order valence-corrected chi connectivity index (χ3v) is 4.72. The Balaban J connectivity index is 1.74. The summed E-state index contributed by atoms with van der Waals surface area (Å²) >= 11 is 1.78. The smallest absolute Gasteiger partial charge is 0.232 e. The van der Waals surface area contributed by atoms with E-state index < -0.39 is 0 Å². The number of aryl methyl sites for hydroxylation is 1. The standard InChI is InChI=1S/C15H18N4OS/c1-11-18-12(9-16)15(20-11)17-10-13(14-5-4-8-21-14)19-6-2-3-7-19/h4-5,8,13,17H,2-3,6-7,10H2,1H3/t13-/m1/s1. The van der Waals surface area contributed by atoms with Crippen molar-refractivity contribution in [1.29, 1.82) is 5.26 Å². The van der Waals surface area contributed by atoms with Crippen molar-refractivity contribution in [2.75, 3.05) is 25.0 Å². The molecule has 5 nitrogen and oxygen atoms in total. The molecule has 1 aliphatic heterocycles. The Bertz CT molecular complexity index is 623. The molecule has 1 N–H and O–H groups in total. The lowest BCUT2D eigenvalue weighted by atomic mass is 10.2. The molecular weight excluding hydrogens is 284 g/mol. The van der Waals surface area contributed by atoms with Gasteiger partial charge in [-0.2, -0.15) is 5.26 Å². The van der Waals surface area contributed by atoms with Crippen LogP contribution in [0.1, 0.15) is 35.3 Å². The normalized spacial score (nSPS) is 16.8. The number of thiophene rings is 1. The van der Waals surface area contributed by atoms with Crippen LogP contribution in [0.2, 0.25) is 0 Å². The molecule has 110 valence electrons. The summed E-state index contributed by atoms with van der Waals surface area (Å²) in [6.45, 7) is 4.74. The molecule has 1 atom stereocenters. The van der Waals surface area contributed by atoms with Gasteiger partial charge in [-0.25, -0.2) is 4.98 Å². The highest BCUT2D eigenvalue weighted by Crippen LogP contribution is 2.29. The maximum Gasteiger partial charge on any atom is 0.232 e. The lowest BCUT2D eigenvalue weighted by molar-refractivity contribution is 0.258. The van der Waals surface area contributed by atoms with Crippen LogP contribution in [0.15, 0.2) is 21.9 Å². The number of hydrogen-bond acceptors (Lipinski definition) is 6. The molecule has 0 unspecified atom stereocenters. The van der Waals surface area contributed by atoms with Crippen molar-refractivity contribution in [3.8, 4) is 6.07 Å². The summed E-state index contributed by atoms with van der Waals surface area (Å²) in [5.74, 6) is 0.999. The van der Waals surface area contributed by atoms with Crippen molar-refractivity contribution in [2.45, 2.75) is 25.8 Å². The number of rotatable bonds is 5. The molecule has 0 bridgehead atoms.